The molecule has 0 aliphatic carbocycles. The fraction of sp³-hybridized carbons (Fsp3) is 0.583. The summed E-state index contributed by atoms with van der Waals surface area (Å²) < 4.78 is 1.65. The van der Waals surface area contributed by atoms with E-state index in [1.165, 1.54) is 0 Å². The fourth-order valence-corrected chi connectivity index (χ4v) is 2.16. The van der Waals surface area contributed by atoms with E-state index in [-0.39, 0.29) is 18.2 Å². The van der Waals surface area contributed by atoms with Gasteiger partial charge in [0, 0.05) is 26.2 Å². The Balaban J connectivity index is 2.20. The second kappa shape index (κ2) is 4.69. The van der Waals surface area contributed by atoms with Crippen molar-refractivity contribution in [1.29, 1.82) is 0 Å². The lowest BCUT2D eigenvalue weighted by molar-refractivity contribution is -0.121. The van der Waals surface area contributed by atoms with Gasteiger partial charge in [0.15, 0.2) is 5.78 Å². The number of rotatable bonds is 2. The highest BCUT2D eigenvalue weighted by molar-refractivity contribution is 5.98. The summed E-state index contributed by atoms with van der Waals surface area (Å²) in [7, 11) is 1.80. The average molecular weight is 235 g/mol. The molecule has 5 nitrogen and oxygen atoms in total. The van der Waals surface area contributed by atoms with Crippen molar-refractivity contribution >= 4 is 11.7 Å². The summed E-state index contributed by atoms with van der Waals surface area (Å²) in [4.78, 5) is 25.2. The van der Waals surface area contributed by atoms with Crippen LogP contribution in [-0.2, 0) is 18.3 Å². The van der Waals surface area contributed by atoms with E-state index in [4.69, 9.17) is 0 Å². The van der Waals surface area contributed by atoms with Gasteiger partial charge in [-0.05, 0) is 12.8 Å². The van der Waals surface area contributed by atoms with Gasteiger partial charge in [0.1, 0.15) is 0 Å². The summed E-state index contributed by atoms with van der Waals surface area (Å²) in [6, 6.07) is 0. The van der Waals surface area contributed by atoms with E-state index >= 15 is 0 Å². The zero-order valence-corrected chi connectivity index (χ0v) is 10.3. The lowest BCUT2D eigenvalue weighted by Crippen LogP contribution is -2.40. The molecule has 0 atom stereocenters. The van der Waals surface area contributed by atoms with Crippen molar-refractivity contribution in [2.45, 2.75) is 26.2 Å². The topological polar surface area (TPSA) is 55.2 Å². The smallest absolute Gasteiger partial charge is 0.257 e. The molecule has 1 saturated heterocycles. The first-order valence-electron chi connectivity index (χ1n) is 5.95. The Morgan fingerprint density at radius 3 is 2.94 bits per heavy atom. The molecule has 0 bridgehead atoms. The molecule has 0 saturated carbocycles. The average Bonchev–Trinajstić information content (AvgIpc) is 2.69. The predicted octanol–water partition coefficient (Wildman–Crippen LogP) is 0.788. The highest BCUT2D eigenvalue weighted by Crippen LogP contribution is 2.14. The third-order valence-electron chi connectivity index (χ3n) is 3.01. The third-order valence-corrected chi connectivity index (χ3v) is 3.01. The lowest BCUT2D eigenvalue weighted by atomic mass is 10.1. The Bertz CT molecular complexity index is 451. The van der Waals surface area contributed by atoms with Crippen LogP contribution in [0, 0.1) is 0 Å². The van der Waals surface area contributed by atoms with Crippen LogP contribution in [0.2, 0.25) is 0 Å². The summed E-state index contributed by atoms with van der Waals surface area (Å²) in [5.74, 6) is 0.0783. The molecule has 1 fully saturated rings. The number of hydrogen-bond acceptors (Lipinski definition) is 3. The molecule has 2 heterocycles. The van der Waals surface area contributed by atoms with Gasteiger partial charge in [-0.3, -0.25) is 14.3 Å². The van der Waals surface area contributed by atoms with Crippen molar-refractivity contribution < 1.29 is 9.59 Å². The first kappa shape index (κ1) is 11.8. The number of ketones is 1. The van der Waals surface area contributed by atoms with Crippen LogP contribution in [0.5, 0.6) is 0 Å². The number of likely N-dealkylation sites (tertiary alicyclic amines) is 1. The fourth-order valence-electron chi connectivity index (χ4n) is 2.16. The number of carbonyl (C=O) groups is 2. The summed E-state index contributed by atoms with van der Waals surface area (Å²) in [5, 5.41) is 4.25. The number of hydrogen-bond donors (Lipinski definition) is 0. The van der Waals surface area contributed by atoms with Gasteiger partial charge in [-0.15, -0.1) is 0 Å². The highest BCUT2D eigenvalue weighted by atomic mass is 16.2. The molecule has 0 unspecified atom stereocenters. The van der Waals surface area contributed by atoms with Crippen LogP contribution in [0.15, 0.2) is 6.20 Å². The minimum Gasteiger partial charge on any atom is -0.331 e. The summed E-state index contributed by atoms with van der Waals surface area (Å²) in [6.07, 6.45) is 3.83. The van der Waals surface area contributed by atoms with Gasteiger partial charge in [0.25, 0.3) is 5.91 Å². The lowest BCUT2D eigenvalue weighted by Gasteiger charge is -2.25. The molecule has 0 aromatic carbocycles. The van der Waals surface area contributed by atoms with E-state index in [9.17, 15) is 9.59 Å². The molecule has 0 radical (unpaired) electrons. The molecular weight excluding hydrogens is 218 g/mol. The molecule has 17 heavy (non-hydrogen) atoms. The van der Waals surface area contributed by atoms with Crippen LogP contribution in [0.1, 0.15) is 35.8 Å². The van der Waals surface area contributed by atoms with Gasteiger partial charge in [-0.1, -0.05) is 6.92 Å². The SMILES string of the molecule is CCc1nn(C)cc1C(=O)N1CCCC(=O)C1. The van der Waals surface area contributed by atoms with Crippen LogP contribution in [0.3, 0.4) is 0 Å². The number of aryl methyl sites for hydroxylation is 2. The largest absolute Gasteiger partial charge is 0.331 e. The highest BCUT2D eigenvalue weighted by Gasteiger charge is 2.25. The number of piperidine rings is 1. The second-order valence-electron chi connectivity index (χ2n) is 4.39. The summed E-state index contributed by atoms with van der Waals surface area (Å²) in [5.41, 5.74) is 1.43. The molecule has 92 valence electrons. The second-order valence-corrected chi connectivity index (χ2v) is 4.39. The first-order chi connectivity index (χ1) is 8.11. The molecular formula is C12H17N3O2. The van der Waals surface area contributed by atoms with Crippen LogP contribution in [-0.4, -0.2) is 39.5 Å². The van der Waals surface area contributed by atoms with Crippen molar-refractivity contribution in [2.24, 2.45) is 7.05 Å². The van der Waals surface area contributed by atoms with Gasteiger partial charge in [-0.25, -0.2) is 0 Å². The molecule has 1 aromatic rings. The Morgan fingerprint density at radius 1 is 1.53 bits per heavy atom. The van der Waals surface area contributed by atoms with Crippen molar-refractivity contribution in [1.82, 2.24) is 14.7 Å². The summed E-state index contributed by atoms with van der Waals surface area (Å²) in [6.45, 7) is 2.89. The van der Waals surface area contributed by atoms with Gasteiger partial charge in [-0.2, -0.15) is 5.10 Å². The van der Waals surface area contributed by atoms with Crippen molar-refractivity contribution in [2.75, 3.05) is 13.1 Å². The third kappa shape index (κ3) is 2.38. The Hall–Kier alpha value is -1.65. The number of carbonyl (C=O) groups excluding carboxylic acids is 2. The summed E-state index contributed by atoms with van der Waals surface area (Å²) >= 11 is 0. The Morgan fingerprint density at radius 2 is 2.29 bits per heavy atom. The molecule has 2 rings (SSSR count). The zero-order chi connectivity index (χ0) is 12.4. The standard InChI is InChI=1S/C12H17N3O2/c1-3-11-10(8-14(2)13-11)12(17)15-6-4-5-9(16)7-15/h8H,3-7H2,1-2H3. The number of Topliss-reactive ketones (excluding diaryl/α,β-unsaturated/α-hetero) is 1. The number of nitrogens with zero attached hydrogens (tertiary/aromatic N) is 3. The quantitative estimate of drug-likeness (QED) is 0.761. The first-order valence-corrected chi connectivity index (χ1v) is 5.95. The van der Waals surface area contributed by atoms with Crippen LogP contribution in [0.4, 0.5) is 0 Å². The van der Waals surface area contributed by atoms with E-state index in [1.807, 2.05) is 6.92 Å². The van der Waals surface area contributed by atoms with Crippen molar-refractivity contribution in [3.05, 3.63) is 17.5 Å². The van der Waals surface area contributed by atoms with E-state index in [0.29, 0.717) is 18.5 Å². The van der Waals surface area contributed by atoms with E-state index < -0.39 is 0 Å². The minimum atomic E-state index is -0.0667. The van der Waals surface area contributed by atoms with Crippen LogP contribution in [0.25, 0.3) is 0 Å². The molecule has 0 spiro atoms. The normalized spacial score (nSPS) is 16.4. The molecule has 1 amide bonds. The van der Waals surface area contributed by atoms with Crippen molar-refractivity contribution in [3.63, 3.8) is 0 Å². The number of aromatic nitrogens is 2. The molecule has 1 aliphatic rings. The van der Waals surface area contributed by atoms with Crippen LogP contribution < -0.4 is 0 Å². The maximum absolute atomic E-state index is 12.3. The maximum Gasteiger partial charge on any atom is 0.257 e. The molecule has 0 N–H and O–H groups in total. The van der Waals surface area contributed by atoms with Gasteiger partial charge >= 0.3 is 0 Å². The van der Waals surface area contributed by atoms with Gasteiger partial charge in [0.05, 0.1) is 17.8 Å². The van der Waals surface area contributed by atoms with E-state index in [2.05, 4.69) is 5.10 Å². The minimum absolute atomic E-state index is 0.0667. The Labute approximate surface area is 100 Å². The molecule has 1 aromatic heterocycles. The van der Waals surface area contributed by atoms with Gasteiger partial charge < -0.3 is 4.90 Å². The maximum atomic E-state index is 12.3. The molecule has 1 aliphatic heterocycles. The van der Waals surface area contributed by atoms with Crippen molar-refractivity contribution in [3.8, 4) is 0 Å². The zero-order valence-electron chi connectivity index (χ0n) is 10.3. The van der Waals surface area contributed by atoms with Crippen LogP contribution >= 0.6 is 0 Å². The Kier molecular flexibility index (Phi) is 3.26. The molecule has 5 heteroatoms. The van der Waals surface area contributed by atoms with E-state index in [1.54, 1.807) is 22.8 Å². The number of amides is 1. The van der Waals surface area contributed by atoms with Gasteiger partial charge in [0.2, 0.25) is 0 Å². The monoisotopic (exact) mass is 235 g/mol. The van der Waals surface area contributed by atoms with E-state index in [0.717, 1.165) is 18.5 Å². The predicted molar refractivity (Wildman–Crippen MR) is 62.7 cm³/mol.